The van der Waals surface area contributed by atoms with Crippen molar-refractivity contribution in [1.29, 1.82) is 0 Å². The molecule has 2 amide bonds. The second-order valence-electron chi connectivity index (χ2n) is 8.62. The van der Waals surface area contributed by atoms with Crippen molar-refractivity contribution in [3.8, 4) is 0 Å². The van der Waals surface area contributed by atoms with Gasteiger partial charge in [0.1, 0.15) is 11.0 Å². The van der Waals surface area contributed by atoms with Crippen LogP contribution in [0.5, 0.6) is 0 Å². The highest BCUT2D eigenvalue weighted by molar-refractivity contribution is 7.99. The molecule has 0 bridgehead atoms. The Kier molecular flexibility index (Phi) is 7.55. The van der Waals surface area contributed by atoms with E-state index in [-0.39, 0.29) is 23.6 Å². The summed E-state index contributed by atoms with van der Waals surface area (Å²) in [6.45, 7) is 8.04. The predicted molar refractivity (Wildman–Crippen MR) is 123 cm³/mol. The van der Waals surface area contributed by atoms with Gasteiger partial charge in [0, 0.05) is 50.7 Å². The van der Waals surface area contributed by atoms with E-state index < -0.39 is 0 Å². The highest BCUT2D eigenvalue weighted by Gasteiger charge is 2.37. The van der Waals surface area contributed by atoms with E-state index in [9.17, 15) is 9.59 Å². The quantitative estimate of drug-likeness (QED) is 0.356. The van der Waals surface area contributed by atoms with Crippen LogP contribution in [-0.4, -0.2) is 89.2 Å². The number of rotatable bonds is 8. The molecule has 0 radical (unpaired) electrons. The molecule has 8 nitrogen and oxygen atoms in total. The summed E-state index contributed by atoms with van der Waals surface area (Å²) in [5, 5.41) is 3.84. The van der Waals surface area contributed by atoms with Gasteiger partial charge in [0.05, 0.1) is 5.75 Å². The first-order chi connectivity index (χ1) is 15.0. The van der Waals surface area contributed by atoms with E-state index in [1.54, 1.807) is 6.07 Å². The Bertz CT molecular complexity index is 802. The summed E-state index contributed by atoms with van der Waals surface area (Å²) in [4.78, 5) is 40.0. The fraction of sp³-hybridized carbons (Fsp3) is 0.714. The first-order valence-corrected chi connectivity index (χ1v) is 12.6. The zero-order valence-corrected chi connectivity index (χ0v) is 19.6. The number of anilines is 1. The number of nitrogens with zero attached hydrogens (tertiary/aromatic N) is 5. The molecular formula is C21H31ClN6O2S. The summed E-state index contributed by atoms with van der Waals surface area (Å²) < 4.78 is 0. The van der Waals surface area contributed by atoms with Gasteiger partial charge in [-0.25, -0.2) is 9.97 Å². The average Bonchev–Trinajstić information content (AvgIpc) is 3.48. The number of aromatic nitrogens is 2. The second kappa shape index (κ2) is 10.4. The molecule has 1 N–H and O–H groups in total. The topological polar surface area (TPSA) is 81.7 Å². The summed E-state index contributed by atoms with van der Waals surface area (Å²) in [6.07, 6.45) is 4.56. The number of halogens is 1. The maximum atomic E-state index is 12.4. The molecule has 1 aliphatic carbocycles. The molecule has 1 aromatic heterocycles. The van der Waals surface area contributed by atoms with Gasteiger partial charge >= 0.3 is 0 Å². The molecule has 3 fully saturated rings. The standard InChI is InChI=1S/C21H31ClN6O2S/c1-15-13-27(10-11-28(15)20(30)16-4-5-16)18-12-17(22)24-21(25-18)31-14-19(29)23-6-9-26-7-2-3-8-26/h12,15-16H,2-11,13-14H2,1H3,(H,23,29). The van der Waals surface area contributed by atoms with Gasteiger partial charge < -0.3 is 20.0 Å². The van der Waals surface area contributed by atoms with Crippen molar-refractivity contribution in [2.24, 2.45) is 5.92 Å². The number of hydrogen-bond donors (Lipinski definition) is 1. The van der Waals surface area contributed by atoms with Crippen LogP contribution in [0.4, 0.5) is 5.82 Å². The lowest BCUT2D eigenvalue weighted by Gasteiger charge is -2.40. The van der Waals surface area contributed by atoms with E-state index in [1.807, 2.05) is 4.90 Å². The van der Waals surface area contributed by atoms with Gasteiger partial charge in [-0.15, -0.1) is 0 Å². The fourth-order valence-electron chi connectivity index (χ4n) is 4.21. The Morgan fingerprint density at radius 1 is 1.19 bits per heavy atom. The molecule has 31 heavy (non-hydrogen) atoms. The molecule has 2 saturated heterocycles. The smallest absolute Gasteiger partial charge is 0.230 e. The third-order valence-corrected chi connectivity index (χ3v) is 7.14. The van der Waals surface area contributed by atoms with Crippen molar-refractivity contribution in [1.82, 2.24) is 25.1 Å². The Morgan fingerprint density at radius 2 is 1.97 bits per heavy atom. The van der Waals surface area contributed by atoms with Crippen LogP contribution in [0.25, 0.3) is 0 Å². The van der Waals surface area contributed by atoms with Crippen LogP contribution >= 0.6 is 23.4 Å². The fourth-order valence-corrected chi connectivity index (χ4v) is 5.12. The van der Waals surface area contributed by atoms with E-state index in [4.69, 9.17) is 11.6 Å². The third kappa shape index (κ3) is 6.23. The third-order valence-electron chi connectivity index (χ3n) is 6.10. The van der Waals surface area contributed by atoms with Crippen molar-refractivity contribution in [2.75, 3.05) is 56.5 Å². The van der Waals surface area contributed by atoms with E-state index in [2.05, 4.69) is 32.0 Å². The van der Waals surface area contributed by atoms with E-state index in [0.717, 1.165) is 44.8 Å². The number of carbonyl (C=O) groups is 2. The predicted octanol–water partition coefficient (Wildman–Crippen LogP) is 1.88. The van der Waals surface area contributed by atoms with Crippen molar-refractivity contribution < 1.29 is 9.59 Å². The zero-order valence-electron chi connectivity index (χ0n) is 18.1. The highest BCUT2D eigenvalue weighted by atomic mass is 35.5. The minimum absolute atomic E-state index is 0.0184. The largest absolute Gasteiger partial charge is 0.354 e. The van der Waals surface area contributed by atoms with Crippen molar-refractivity contribution >= 4 is 41.0 Å². The minimum Gasteiger partial charge on any atom is -0.354 e. The number of hydrogen-bond acceptors (Lipinski definition) is 7. The number of amides is 2. The van der Waals surface area contributed by atoms with Crippen molar-refractivity contribution in [2.45, 2.75) is 43.8 Å². The molecule has 1 saturated carbocycles. The van der Waals surface area contributed by atoms with Crippen molar-refractivity contribution in [3.63, 3.8) is 0 Å². The minimum atomic E-state index is -0.0184. The van der Waals surface area contributed by atoms with Crippen LogP contribution in [0.15, 0.2) is 11.2 Å². The van der Waals surface area contributed by atoms with Gasteiger partial charge in [0.15, 0.2) is 5.16 Å². The summed E-state index contributed by atoms with van der Waals surface area (Å²) >= 11 is 7.54. The van der Waals surface area contributed by atoms with E-state index >= 15 is 0 Å². The first-order valence-electron chi connectivity index (χ1n) is 11.2. The van der Waals surface area contributed by atoms with Gasteiger partial charge in [0.2, 0.25) is 11.8 Å². The van der Waals surface area contributed by atoms with Crippen LogP contribution in [0.1, 0.15) is 32.6 Å². The van der Waals surface area contributed by atoms with Gasteiger partial charge in [-0.05, 0) is 45.7 Å². The molecule has 3 heterocycles. The van der Waals surface area contributed by atoms with Crippen LogP contribution in [0, 0.1) is 5.92 Å². The number of carbonyl (C=O) groups excluding carboxylic acids is 2. The monoisotopic (exact) mass is 466 g/mol. The Morgan fingerprint density at radius 3 is 2.68 bits per heavy atom. The molecular weight excluding hydrogens is 436 g/mol. The molecule has 170 valence electrons. The highest BCUT2D eigenvalue weighted by Crippen LogP contribution is 2.32. The van der Waals surface area contributed by atoms with E-state index in [0.29, 0.717) is 35.9 Å². The Balaban J connectivity index is 1.27. The number of likely N-dealkylation sites (tertiary alicyclic amines) is 1. The average molecular weight is 467 g/mol. The molecule has 0 spiro atoms. The number of thioether (sulfide) groups is 1. The Hall–Kier alpha value is -1.58. The van der Waals surface area contributed by atoms with Crippen LogP contribution in [0.2, 0.25) is 5.15 Å². The number of piperazine rings is 1. The van der Waals surface area contributed by atoms with Gasteiger partial charge in [-0.3, -0.25) is 9.59 Å². The lowest BCUT2D eigenvalue weighted by molar-refractivity contribution is -0.135. The second-order valence-corrected chi connectivity index (χ2v) is 9.95. The molecule has 2 aliphatic heterocycles. The summed E-state index contributed by atoms with van der Waals surface area (Å²) in [7, 11) is 0. The van der Waals surface area contributed by atoms with Crippen LogP contribution in [-0.2, 0) is 9.59 Å². The van der Waals surface area contributed by atoms with Crippen LogP contribution < -0.4 is 10.2 Å². The lowest BCUT2D eigenvalue weighted by Crippen LogP contribution is -2.54. The Labute approximate surface area is 193 Å². The van der Waals surface area contributed by atoms with Gasteiger partial charge in [0.25, 0.3) is 0 Å². The summed E-state index contributed by atoms with van der Waals surface area (Å²) in [5.41, 5.74) is 0. The zero-order chi connectivity index (χ0) is 21.8. The molecule has 10 heteroatoms. The van der Waals surface area contributed by atoms with Gasteiger partial charge in [-0.1, -0.05) is 23.4 Å². The maximum absolute atomic E-state index is 12.4. The summed E-state index contributed by atoms with van der Waals surface area (Å²) in [5.74, 6) is 1.53. The number of nitrogens with one attached hydrogen (secondary N) is 1. The van der Waals surface area contributed by atoms with Crippen molar-refractivity contribution in [3.05, 3.63) is 11.2 Å². The SMILES string of the molecule is CC1CN(c2cc(Cl)nc(SCC(=O)NCCN3CCCC3)n2)CCN1C(=O)C1CC1. The summed E-state index contributed by atoms with van der Waals surface area (Å²) in [6, 6.07) is 1.89. The normalized spacial score (nSPS) is 22.1. The van der Waals surface area contributed by atoms with Crippen LogP contribution in [0.3, 0.4) is 0 Å². The maximum Gasteiger partial charge on any atom is 0.230 e. The molecule has 1 atom stereocenters. The molecule has 0 aromatic carbocycles. The lowest BCUT2D eigenvalue weighted by atomic mass is 10.1. The van der Waals surface area contributed by atoms with Gasteiger partial charge in [-0.2, -0.15) is 0 Å². The first kappa shape index (κ1) is 22.6. The molecule has 1 unspecified atom stereocenters. The van der Waals surface area contributed by atoms with E-state index in [1.165, 1.54) is 24.6 Å². The molecule has 1 aromatic rings. The molecule has 3 aliphatic rings. The molecule has 4 rings (SSSR count).